The molecule has 0 radical (unpaired) electrons. The first-order valence-electron chi connectivity index (χ1n) is 5.23. The number of aromatic nitrogens is 1. The molecule has 2 rings (SSSR count). The van der Waals surface area contributed by atoms with Gasteiger partial charge in [-0.1, -0.05) is 0 Å². The molecule has 0 fully saturated rings. The summed E-state index contributed by atoms with van der Waals surface area (Å²) in [4.78, 5) is 2.76. The third-order valence-electron chi connectivity index (χ3n) is 2.32. The van der Waals surface area contributed by atoms with E-state index in [1.807, 2.05) is 0 Å². The molecule has 0 aliphatic rings. The van der Waals surface area contributed by atoms with Crippen molar-refractivity contribution in [1.29, 1.82) is 0 Å². The molecule has 92 valence electrons. The highest BCUT2D eigenvalue weighted by Gasteiger charge is 2.35. The van der Waals surface area contributed by atoms with Crippen LogP contribution in [0, 0.1) is 0 Å². The number of aromatic amines is 1. The largest absolute Gasteiger partial charge is 0.490 e. The predicted octanol–water partition coefficient (Wildman–Crippen LogP) is 3.97. The second-order valence-corrected chi connectivity index (χ2v) is 4.08. The maximum atomic E-state index is 12.8. The van der Waals surface area contributed by atoms with Crippen LogP contribution in [0.5, 0.6) is 5.75 Å². The van der Waals surface area contributed by atoms with E-state index in [0.717, 1.165) is 6.07 Å². The van der Waals surface area contributed by atoms with Gasteiger partial charge < -0.3 is 9.72 Å². The average Bonchev–Trinajstić information content (AvgIpc) is 2.60. The number of H-pyrrole nitrogens is 1. The Morgan fingerprint density at radius 2 is 1.94 bits per heavy atom. The number of hydrogen-bond donors (Lipinski definition) is 1. The molecule has 1 N–H and O–H groups in total. The molecule has 17 heavy (non-hydrogen) atoms. The van der Waals surface area contributed by atoms with Gasteiger partial charge in [0.1, 0.15) is 5.75 Å². The molecule has 1 aromatic heterocycles. The summed E-state index contributed by atoms with van der Waals surface area (Å²) < 4.78 is 43.7. The highest BCUT2D eigenvalue weighted by molar-refractivity contribution is 5.82. The molecule has 0 amide bonds. The van der Waals surface area contributed by atoms with Crippen LogP contribution in [-0.4, -0.2) is 11.1 Å². The molecule has 0 spiro atoms. The number of nitrogens with one attached hydrogen (secondary N) is 1. The third kappa shape index (κ3) is 2.38. The molecule has 5 heteroatoms. The van der Waals surface area contributed by atoms with Crippen LogP contribution in [0.15, 0.2) is 24.4 Å². The van der Waals surface area contributed by atoms with Crippen molar-refractivity contribution in [2.45, 2.75) is 26.1 Å². The zero-order valence-corrected chi connectivity index (χ0v) is 9.43. The fraction of sp³-hybridized carbons (Fsp3) is 0.333. The van der Waals surface area contributed by atoms with Gasteiger partial charge in [-0.2, -0.15) is 13.2 Å². The lowest BCUT2D eigenvalue weighted by Crippen LogP contribution is -2.12. The van der Waals surface area contributed by atoms with Gasteiger partial charge in [0.15, 0.2) is 0 Å². The maximum Gasteiger partial charge on any atom is 0.420 e. The maximum absolute atomic E-state index is 12.8. The highest BCUT2D eigenvalue weighted by Crippen LogP contribution is 2.38. The minimum Gasteiger partial charge on any atom is -0.490 e. The van der Waals surface area contributed by atoms with Crippen molar-refractivity contribution >= 4 is 10.9 Å². The standard InChI is InChI=1S/C12H12F3NO/c1-7(2)17-11-5-8-3-4-16-10(8)6-9(11)12(13,14)15/h3-7,16H,1-2H3. The summed E-state index contributed by atoms with van der Waals surface area (Å²) >= 11 is 0. The van der Waals surface area contributed by atoms with Gasteiger partial charge in [0.25, 0.3) is 0 Å². The van der Waals surface area contributed by atoms with Crippen molar-refractivity contribution in [3.05, 3.63) is 30.0 Å². The van der Waals surface area contributed by atoms with Gasteiger partial charge >= 0.3 is 6.18 Å². The van der Waals surface area contributed by atoms with Gasteiger partial charge in [-0.15, -0.1) is 0 Å². The van der Waals surface area contributed by atoms with Crippen LogP contribution in [0.1, 0.15) is 19.4 Å². The van der Waals surface area contributed by atoms with E-state index in [1.165, 1.54) is 6.07 Å². The van der Waals surface area contributed by atoms with E-state index in [9.17, 15) is 13.2 Å². The minimum atomic E-state index is -4.41. The van der Waals surface area contributed by atoms with Gasteiger partial charge in [-0.25, -0.2) is 0 Å². The van der Waals surface area contributed by atoms with Crippen LogP contribution >= 0.6 is 0 Å². The van der Waals surface area contributed by atoms with Crippen LogP contribution in [0.2, 0.25) is 0 Å². The smallest absolute Gasteiger partial charge is 0.420 e. The number of rotatable bonds is 2. The van der Waals surface area contributed by atoms with Crippen LogP contribution in [0.4, 0.5) is 13.2 Å². The summed E-state index contributed by atoms with van der Waals surface area (Å²) in [6, 6.07) is 4.20. The second-order valence-electron chi connectivity index (χ2n) is 4.08. The first-order chi connectivity index (χ1) is 7.88. The van der Waals surface area contributed by atoms with Crippen molar-refractivity contribution in [1.82, 2.24) is 4.98 Å². The third-order valence-corrected chi connectivity index (χ3v) is 2.32. The summed E-state index contributed by atoms with van der Waals surface area (Å²) in [6.07, 6.45) is -3.11. The van der Waals surface area contributed by atoms with Gasteiger partial charge in [0, 0.05) is 17.1 Å². The van der Waals surface area contributed by atoms with E-state index in [0.29, 0.717) is 10.9 Å². The van der Waals surface area contributed by atoms with Gasteiger partial charge in [0.2, 0.25) is 0 Å². The molecule has 0 atom stereocenters. The summed E-state index contributed by atoms with van der Waals surface area (Å²) in [5, 5.41) is 0.702. The van der Waals surface area contributed by atoms with E-state index >= 15 is 0 Å². The van der Waals surface area contributed by atoms with Gasteiger partial charge in [-0.3, -0.25) is 0 Å². The van der Waals surface area contributed by atoms with Crippen LogP contribution in [-0.2, 0) is 6.18 Å². The number of alkyl halides is 3. The Kier molecular flexibility index (Phi) is 2.77. The fourth-order valence-corrected chi connectivity index (χ4v) is 1.65. The lowest BCUT2D eigenvalue weighted by Gasteiger charge is -2.16. The predicted molar refractivity (Wildman–Crippen MR) is 59.1 cm³/mol. The van der Waals surface area contributed by atoms with Crippen molar-refractivity contribution in [2.75, 3.05) is 0 Å². The molecular weight excluding hydrogens is 231 g/mol. The summed E-state index contributed by atoms with van der Waals surface area (Å²) in [7, 11) is 0. The Balaban J connectivity index is 2.59. The first kappa shape index (κ1) is 11.8. The summed E-state index contributed by atoms with van der Waals surface area (Å²) in [6.45, 7) is 3.39. The van der Waals surface area contributed by atoms with Crippen molar-refractivity contribution in [3.63, 3.8) is 0 Å². The molecule has 0 saturated carbocycles. The zero-order chi connectivity index (χ0) is 12.6. The first-order valence-corrected chi connectivity index (χ1v) is 5.23. The number of ether oxygens (including phenoxy) is 1. The topological polar surface area (TPSA) is 25.0 Å². The normalized spacial score (nSPS) is 12.4. The molecule has 1 heterocycles. The highest BCUT2D eigenvalue weighted by atomic mass is 19.4. The lowest BCUT2D eigenvalue weighted by molar-refractivity contribution is -0.139. The average molecular weight is 243 g/mol. The number of fused-ring (bicyclic) bond motifs is 1. The molecular formula is C12H12F3NO. The van der Waals surface area contributed by atoms with Crippen molar-refractivity contribution < 1.29 is 17.9 Å². The molecule has 0 aliphatic heterocycles. The molecule has 0 unspecified atom stereocenters. The van der Waals surface area contributed by atoms with Crippen molar-refractivity contribution in [3.8, 4) is 5.75 Å². The molecule has 1 aromatic carbocycles. The van der Waals surface area contributed by atoms with E-state index in [1.54, 1.807) is 26.1 Å². The van der Waals surface area contributed by atoms with Gasteiger partial charge in [-0.05, 0) is 32.0 Å². The molecule has 0 aliphatic carbocycles. The molecule has 2 aromatic rings. The quantitative estimate of drug-likeness (QED) is 0.848. The number of benzene rings is 1. The minimum absolute atomic E-state index is 0.125. The van der Waals surface area contributed by atoms with Crippen LogP contribution < -0.4 is 4.74 Å². The second kappa shape index (κ2) is 3.98. The van der Waals surface area contributed by atoms with E-state index in [2.05, 4.69) is 4.98 Å². The van der Waals surface area contributed by atoms with Crippen molar-refractivity contribution in [2.24, 2.45) is 0 Å². The SMILES string of the molecule is CC(C)Oc1cc2cc[nH]c2cc1C(F)(F)F. The Hall–Kier alpha value is -1.65. The molecule has 0 saturated heterocycles. The fourth-order valence-electron chi connectivity index (χ4n) is 1.65. The summed E-state index contributed by atoms with van der Waals surface area (Å²) in [5.41, 5.74) is -0.297. The van der Waals surface area contributed by atoms with Crippen LogP contribution in [0.25, 0.3) is 10.9 Å². The molecule has 2 nitrogen and oxygen atoms in total. The van der Waals surface area contributed by atoms with E-state index < -0.39 is 11.7 Å². The Morgan fingerprint density at radius 3 is 2.53 bits per heavy atom. The van der Waals surface area contributed by atoms with E-state index in [-0.39, 0.29) is 11.9 Å². The molecule has 0 bridgehead atoms. The number of hydrogen-bond acceptors (Lipinski definition) is 1. The Labute approximate surface area is 96.4 Å². The zero-order valence-electron chi connectivity index (χ0n) is 9.43. The summed E-state index contributed by atoms with van der Waals surface area (Å²) in [5.74, 6) is -0.125. The lowest BCUT2D eigenvalue weighted by atomic mass is 10.1. The Morgan fingerprint density at radius 1 is 1.24 bits per heavy atom. The Bertz CT molecular complexity index is 528. The number of halogens is 3. The van der Waals surface area contributed by atoms with Gasteiger partial charge in [0.05, 0.1) is 11.7 Å². The monoisotopic (exact) mass is 243 g/mol. The van der Waals surface area contributed by atoms with Crippen LogP contribution in [0.3, 0.4) is 0 Å². The van der Waals surface area contributed by atoms with E-state index in [4.69, 9.17) is 4.74 Å².